The highest BCUT2D eigenvalue weighted by Crippen LogP contribution is 2.25. The SMILES string of the molecule is Cc1nc(-c2cccc(NC(=O)NC3CCCCC3C)c2)oc1C. The van der Waals surface area contributed by atoms with Crippen molar-refractivity contribution in [2.75, 3.05) is 5.32 Å². The van der Waals surface area contributed by atoms with E-state index in [0.29, 0.717) is 11.8 Å². The molecule has 0 saturated heterocycles. The number of carbonyl (C=O) groups excluding carboxylic acids is 1. The Balaban J connectivity index is 1.67. The van der Waals surface area contributed by atoms with E-state index < -0.39 is 0 Å². The van der Waals surface area contributed by atoms with Crippen LogP contribution in [0.3, 0.4) is 0 Å². The van der Waals surface area contributed by atoms with Crippen LogP contribution in [-0.2, 0) is 0 Å². The molecule has 5 heteroatoms. The molecule has 24 heavy (non-hydrogen) atoms. The minimum Gasteiger partial charge on any atom is -0.441 e. The van der Waals surface area contributed by atoms with Crippen molar-refractivity contribution < 1.29 is 9.21 Å². The van der Waals surface area contributed by atoms with Crippen LogP contribution < -0.4 is 10.6 Å². The molecule has 0 radical (unpaired) electrons. The molecule has 2 aromatic rings. The number of hydrogen-bond acceptors (Lipinski definition) is 3. The third-order valence-corrected chi connectivity index (χ3v) is 4.82. The summed E-state index contributed by atoms with van der Waals surface area (Å²) in [5.41, 5.74) is 2.48. The summed E-state index contributed by atoms with van der Waals surface area (Å²) in [5, 5.41) is 6.02. The number of nitrogens with zero attached hydrogens (tertiary/aromatic N) is 1. The first-order valence-corrected chi connectivity index (χ1v) is 8.65. The van der Waals surface area contributed by atoms with Gasteiger partial charge in [0.05, 0.1) is 5.69 Å². The largest absolute Gasteiger partial charge is 0.441 e. The number of oxazole rings is 1. The van der Waals surface area contributed by atoms with Crippen LogP contribution in [0.4, 0.5) is 10.5 Å². The van der Waals surface area contributed by atoms with Crippen LogP contribution in [0.25, 0.3) is 11.5 Å². The molecule has 2 N–H and O–H groups in total. The first-order valence-electron chi connectivity index (χ1n) is 8.65. The Hall–Kier alpha value is -2.30. The van der Waals surface area contributed by atoms with Gasteiger partial charge < -0.3 is 15.1 Å². The second-order valence-corrected chi connectivity index (χ2v) is 6.71. The van der Waals surface area contributed by atoms with E-state index in [1.165, 1.54) is 19.3 Å². The second-order valence-electron chi connectivity index (χ2n) is 6.71. The minimum absolute atomic E-state index is 0.148. The molecule has 0 spiro atoms. The predicted molar refractivity (Wildman–Crippen MR) is 95.0 cm³/mol. The van der Waals surface area contributed by atoms with Crippen molar-refractivity contribution in [3.63, 3.8) is 0 Å². The van der Waals surface area contributed by atoms with Crippen LogP contribution in [0, 0.1) is 19.8 Å². The number of aromatic nitrogens is 1. The number of rotatable bonds is 3. The Morgan fingerprint density at radius 3 is 2.75 bits per heavy atom. The predicted octanol–water partition coefficient (Wildman–Crippen LogP) is 4.66. The summed E-state index contributed by atoms with van der Waals surface area (Å²) < 4.78 is 5.66. The zero-order chi connectivity index (χ0) is 17.1. The maximum Gasteiger partial charge on any atom is 0.319 e. The van der Waals surface area contributed by atoms with Crippen molar-refractivity contribution in [3.05, 3.63) is 35.7 Å². The Bertz CT molecular complexity index is 704. The van der Waals surface area contributed by atoms with Crippen molar-refractivity contribution in [2.45, 2.75) is 52.5 Å². The van der Waals surface area contributed by atoms with E-state index in [-0.39, 0.29) is 12.1 Å². The summed E-state index contributed by atoms with van der Waals surface area (Å²) in [6.07, 6.45) is 4.69. The van der Waals surface area contributed by atoms with Gasteiger partial charge in [0.15, 0.2) is 0 Å². The van der Waals surface area contributed by atoms with Crippen LogP contribution in [-0.4, -0.2) is 17.1 Å². The van der Waals surface area contributed by atoms with Crippen LogP contribution in [0.5, 0.6) is 0 Å². The number of amides is 2. The fourth-order valence-electron chi connectivity index (χ4n) is 3.19. The van der Waals surface area contributed by atoms with E-state index in [0.717, 1.165) is 29.1 Å². The van der Waals surface area contributed by atoms with Crippen molar-refractivity contribution in [2.24, 2.45) is 5.92 Å². The number of nitrogens with one attached hydrogen (secondary N) is 2. The van der Waals surface area contributed by atoms with Gasteiger partial charge in [-0.05, 0) is 50.8 Å². The average Bonchev–Trinajstić information content (AvgIpc) is 2.89. The minimum atomic E-state index is -0.148. The summed E-state index contributed by atoms with van der Waals surface area (Å²) in [7, 11) is 0. The summed E-state index contributed by atoms with van der Waals surface area (Å²) in [6.45, 7) is 6.02. The molecule has 1 saturated carbocycles. The molecule has 1 fully saturated rings. The number of urea groups is 1. The molecule has 2 unspecified atom stereocenters. The van der Waals surface area contributed by atoms with Gasteiger partial charge in [-0.3, -0.25) is 0 Å². The lowest BCUT2D eigenvalue weighted by Gasteiger charge is -2.29. The maximum atomic E-state index is 12.3. The van der Waals surface area contributed by atoms with Crippen LogP contribution >= 0.6 is 0 Å². The van der Waals surface area contributed by atoms with Crippen molar-refractivity contribution >= 4 is 11.7 Å². The highest BCUT2D eigenvalue weighted by Gasteiger charge is 2.22. The summed E-state index contributed by atoms with van der Waals surface area (Å²) >= 11 is 0. The molecule has 1 heterocycles. The highest BCUT2D eigenvalue weighted by molar-refractivity contribution is 5.90. The van der Waals surface area contributed by atoms with E-state index >= 15 is 0 Å². The van der Waals surface area contributed by atoms with Gasteiger partial charge in [0.25, 0.3) is 0 Å². The quantitative estimate of drug-likeness (QED) is 0.861. The third kappa shape index (κ3) is 3.78. The lowest BCUT2D eigenvalue weighted by atomic mass is 9.86. The van der Waals surface area contributed by atoms with Gasteiger partial charge in [-0.1, -0.05) is 25.8 Å². The van der Waals surface area contributed by atoms with Crippen molar-refractivity contribution in [1.29, 1.82) is 0 Å². The molecule has 1 aromatic carbocycles. The zero-order valence-electron chi connectivity index (χ0n) is 14.6. The molecule has 3 rings (SSSR count). The van der Waals surface area contributed by atoms with Crippen LogP contribution in [0.1, 0.15) is 44.1 Å². The molecule has 0 aliphatic heterocycles. The fourth-order valence-corrected chi connectivity index (χ4v) is 3.19. The summed E-state index contributed by atoms with van der Waals surface area (Å²) in [6, 6.07) is 7.69. The van der Waals surface area contributed by atoms with Crippen molar-refractivity contribution in [1.82, 2.24) is 10.3 Å². The third-order valence-electron chi connectivity index (χ3n) is 4.82. The second kappa shape index (κ2) is 7.07. The molecule has 1 aliphatic rings. The number of anilines is 1. The molecule has 2 atom stereocenters. The number of hydrogen-bond donors (Lipinski definition) is 2. The number of aryl methyl sites for hydroxylation is 2. The smallest absolute Gasteiger partial charge is 0.319 e. The molecule has 0 bridgehead atoms. The first kappa shape index (κ1) is 16.6. The number of carbonyl (C=O) groups is 1. The van der Waals surface area contributed by atoms with Gasteiger partial charge in [-0.15, -0.1) is 0 Å². The van der Waals surface area contributed by atoms with Gasteiger partial charge in [0.1, 0.15) is 5.76 Å². The average molecular weight is 327 g/mol. The lowest BCUT2D eigenvalue weighted by molar-refractivity contribution is 0.232. The van der Waals surface area contributed by atoms with Crippen LogP contribution in [0.2, 0.25) is 0 Å². The first-order chi connectivity index (χ1) is 11.5. The molecule has 128 valence electrons. The Morgan fingerprint density at radius 2 is 2.04 bits per heavy atom. The molecular weight excluding hydrogens is 302 g/mol. The molecule has 2 amide bonds. The van der Waals surface area contributed by atoms with Crippen molar-refractivity contribution in [3.8, 4) is 11.5 Å². The molecule has 1 aromatic heterocycles. The van der Waals surface area contributed by atoms with E-state index in [2.05, 4.69) is 22.5 Å². The van der Waals surface area contributed by atoms with Gasteiger partial charge >= 0.3 is 6.03 Å². The van der Waals surface area contributed by atoms with Gasteiger partial charge in [-0.25, -0.2) is 9.78 Å². The topological polar surface area (TPSA) is 67.2 Å². The van der Waals surface area contributed by atoms with E-state index in [4.69, 9.17) is 4.42 Å². The zero-order valence-corrected chi connectivity index (χ0v) is 14.6. The maximum absolute atomic E-state index is 12.3. The summed E-state index contributed by atoms with van der Waals surface area (Å²) in [4.78, 5) is 16.7. The van der Waals surface area contributed by atoms with Crippen LogP contribution in [0.15, 0.2) is 28.7 Å². The van der Waals surface area contributed by atoms with Gasteiger partial charge in [-0.2, -0.15) is 0 Å². The Kier molecular flexibility index (Phi) is 4.88. The van der Waals surface area contributed by atoms with E-state index in [9.17, 15) is 4.79 Å². The highest BCUT2D eigenvalue weighted by atomic mass is 16.4. The van der Waals surface area contributed by atoms with Gasteiger partial charge in [0.2, 0.25) is 5.89 Å². The number of benzene rings is 1. The lowest BCUT2D eigenvalue weighted by Crippen LogP contribution is -2.43. The van der Waals surface area contributed by atoms with Gasteiger partial charge in [0, 0.05) is 17.3 Å². The summed E-state index contributed by atoms with van der Waals surface area (Å²) in [5.74, 6) is 1.93. The molecular formula is C19H25N3O2. The van der Waals surface area contributed by atoms with E-state index in [1.807, 2.05) is 38.1 Å². The normalized spacial score (nSPS) is 20.6. The Labute approximate surface area is 142 Å². The Morgan fingerprint density at radius 1 is 1.25 bits per heavy atom. The monoisotopic (exact) mass is 327 g/mol. The molecule has 1 aliphatic carbocycles. The molecule has 5 nitrogen and oxygen atoms in total. The standard InChI is InChI=1S/C19H25N3O2/c1-12-7-4-5-10-17(12)22-19(23)21-16-9-6-8-15(11-16)18-20-13(2)14(3)24-18/h6,8-9,11-12,17H,4-5,7,10H2,1-3H3,(H2,21,22,23). The fraction of sp³-hybridized carbons (Fsp3) is 0.474. The van der Waals surface area contributed by atoms with E-state index in [1.54, 1.807) is 0 Å².